The van der Waals surface area contributed by atoms with E-state index >= 15 is 0 Å². The normalized spacial score (nSPS) is 25.7. The quantitative estimate of drug-likeness (QED) is 0.853. The Morgan fingerprint density at radius 2 is 1.88 bits per heavy atom. The lowest BCUT2D eigenvalue weighted by Crippen LogP contribution is -2.40. The number of benzene rings is 1. The van der Waals surface area contributed by atoms with Gasteiger partial charge in [0, 0.05) is 11.1 Å². The van der Waals surface area contributed by atoms with Crippen molar-refractivity contribution in [1.82, 2.24) is 0 Å². The first-order valence-corrected chi connectivity index (χ1v) is 6.96. The zero-order chi connectivity index (χ0) is 12.4. The van der Waals surface area contributed by atoms with Crippen LogP contribution in [0.4, 0.5) is 0 Å². The summed E-state index contributed by atoms with van der Waals surface area (Å²) in [5.41, 5.74) is 7.72. The topological polar surface area (TPSA) is 26.0 Å². The highest BCUT2D eigenvalue weighted by molar-refractivity contribution is 6.30. The molecule has 0 aliphatic heterocycles. The van der Waals surface area contributed by atoms with Crippen molar-refractivity contribution >= 4 is 11.6 Å². The summed E-state index contributed by atoms with van der Waals surface area (Å²) < 4.78 is 0. The van der Waals surface area contributed by atoms with Crippen molar-refractivity contribution < 1.29 is 0 Å². The first kappa shape index (κ1) is 12.9. The van der Waals surface area contributed by atoms with Crippen LogP contribution in [-0.2, 0) is 0 Å². The Labute approximate surface area is 109 Å². The van der Waals surface area contributed by atoms with Crippen LogP contribution in [0.1, 0.15) is 44.6 Å². The van der Waals surface area contributed by atoms with Gasteiger partial charge in [-0.1, -0.05) is 37.6 Å². The molecule has 1 nitrogen and oxygen atoms in total. The molecule has 1 aliphatic rings. The highest BCUT2D eigenvalue weighted by Gasteiger charge is 2.36. The van der Waals surface area contributed by atoms with Gasteiger partial charge in [0.2, 0.25) is 0 Å². The van der Waals surface area contributed by atoms with Gasteiger partial charge in [-0.2, -0.15) is 0 Å². The van der Waals surface area contributed by atoms with E-state index in [0.717, 1.165) is 11.4 Å². The van der Waals surface area contributed by atoms with E-state index in [2.05, 4.69) is 26.0 Å². The van der Waals surface area contributed by atoms with Gasteiger partial charge >= 0.3 is 0 Å². The molecule has 2 rings (SSSR count). The minimum atomic E-state index is 0.351. The minimum absolute atomic E-state index is 0.351. The van der Waals surface area contributed by atoms with E-state index in [-0.39, 0.29) is 0 Å². The Balaban J connectivity index is 2.01. The average Bonchev–Trinajstić information content (AvgIpc) is 2.18. The van der Waals surface area contributed by atoms with Gasteiger partial charge in [0.25, 0.3) is 0 Å². The molecule has 0 saturated heterocycles. The Hall–Kier alpha value is -0.530. The standard InChI is InChI=1S/C15H22ClN/c1-10(2)9-15(17)14-8-7-13(14)11-3-5-12(16)6-4-11/h3-6,10,13-15H,7-9,17H2,1-2H3. The minimum Gasteiger partial charge on any atom is -0.327 e. The predicted octanol–water partition coefficient (Wildman–Crippen LogP) is 4.21. The van der Waals surface area contributed by atoms with E-state index in [9.17, 15) is 0 Å². The largest absolute Gasteiger partial charge is 0.327 e. The monoisotopic (exact) mass is 251 g/mol. The molecule has 2 heteroatoms. The van der Waals surface area contributed by atoms with E-state index in [1.54, 1.807) is 0 Å². The third kappa shape index (κ3) is 3.02. The van der Waals surface area contributed by atoms with Crippen molar-refractivity contribution in [1.29, 1.82) is 0 Å². The lowest BCUT2D eigenvalue weighted by Gasteiger charge is -2.41. The van der Waals surface area contributed by atoms with Gasteiger partial charge < -0.3 is 5.73 Å². The molecule has 3 unspecified atom stereocenters. The van der Waals surface area contributed by atoms with Crippen LogP contribution >= 0.6 is 11.6 Å². The van der Waals surface area contributed by atoms with Crippen molar-refractivity contribution in [2.24, 2.45) is 17.6 Å². The molecule has 0 radical (unpaired) electrons. The van der Waals surface area contributed by atoms with Gasteiger partial charge in [-0.3, -0.25) is 0 Å². The highest BCUT2D eigenvalue weighted by atomic mass is 35.5. The second-order valence-electron chi connectivity index (χ2n) is 5.69. The maximum atomic E-state index is 6.31. The van der Waals surface area contributed by atoms with E-state index in [1.807, 2.05) is 12.1 Å². The zero-order valence-electron chi connectivity index (χ0n) is 10.7. The first-order valence-electron chi connectivity index (χ1n) is 6.59. The van der Waals surface area contributed by atoms with Gasteiger partial charge in [-0.05, 0) is 54.7 Å². The van der Waals surface area contributed by atoms with Crippen LogP contribution in [0.2, 0.25) is 5.02 Å². The van der Waals surface area contributed by atoms with Crippen LogP contribution in [0.5, 0.6) is 0 Å². The van der Waals surface area contributed by atoms with Crippen molar-refractivity contribution in [3.63, 3.8) is 0 Å². The number of hydrogen-bond acceptors (Lipinski definition) is 1. The molecule has 0 spiro atoms. The van der Waals surface area contributed by atoms with Gasteiger partial charge in [0.15, 0.2) is 0 Å². The third-order valence-corrected chi connectivity index (χ3v) is 4.17. The van der Waals surface area contributed by atoms with E-state index < -0.39 is 0 Å². The third-order valence-electron chi connectivity index (χ3n) is 3.92. The van der Waals surface area contributed by atoms with Gasteiger partial charge in [0.1, 0.15) is 0 Å². The van der Waals surface area contributed by atoms with Crippen molar-refractivity contribution in [2.45, 2.75) is 45.1 Å². The molecule has 17 heavy (non-hydrogen) atoms. The molecule has 1 aromatic rings. The SMILES string of the molecule is CC(C)CC(N)C1CCC1c1ccc(Cl)cc1. The van der Waals surface area contributed by atoms with Crippen LogP contribution in [0.25, 0.3) is 0 Å². The first-order chi connectivity index (χ1) is 8.08. The molecule has 0 bridgehead atoms. The van der Waals surface area contributed by atoms with Crippen LogP contribution in [-0.4, -0.2) is 6.04 Å². The Kier molecular flexibility index (Phi) is 4.11. The summed E-state index contributed by atoms with van der Waals surface area (Å²) in [6.45, 7) is 4.49. The summed E-state index contributed by atoms with van der Waals surface area (Å²) in [4.78, 5) is 0. The molecule has 3 atom stereocenters. The summed E-state index contributed by atoms with van der Waals surface area (Å²) in [5, 5.41) is 0.816. The fourth-order valence-electron chi connectivity index (χ4n) is 2.88. The fourth-order valence-corrected chi connectivity index (χ4v) is 3.01. The van der Waals surface area contributed by atoms with Crippen LogP contribution < -0.4 is 5.73 Å². The fraction of sp³-hybridized carbons (Fsp3) is 0.600. The highest BCUT2D eigenvalue weighted by Crippen LogP contribution is 2.45. The van der Waals surface area contributed by atoms with Crippen molar-refractivity contribution in [2.75, 3.05) is 0 Å². The molecular formula is C15H22ClN. The van der Waals surface area contributed by atoms with E-state index in [1.165, 1.54) is 18.4 Å². The zero-order valence-corrected chi connectivity index (χ0v) is 11.5. The molecule has 0 amide bonds. The van der Waals surface area contributed by atoms with Gasteiger partial charge in [-0.15, -0.1) is 0 Å². The molecule has 1 aliphatic carbocycles. The second kappa shape index (κ2) is 5.41. The van der Waals surface area contributed by atoms with Crippen LogP contribution in [0.3, 0.4) is 0 Å². The lowest BCUT2D eigenvalue weighted by atomic mass is 9.65. The summed E-state index contributed by atoms with van der Waals surface area (Å²) in [7, 11) is 0. The summed E-state index contributed by atoms with van der Waals surface area (Å²) in [5.74, 6) is 2.01. The summed E-state index contributed by atoms with van der Waals surface area (Å²) in [6, 6.07) is 8.63. The smallest absolute Gasteiger partial charge is 0.0406 e. The molecule has 94 valence electrons. The second-order valence-corrected chi connectivity index (χ2v) is 6.13. The Morgan fingerprint density at radius 3 is 2.35 bits per heavy atom. The Morgan fingerprint density at radius 1 is 1.24 bits per heavy atom. The van der Waals surface area contributed by atoms with Crippen LogP contribution in [0.15, 0.2) is 24.3 Å². The molecule has 0 aromatic heterocycles. The molecule has 1 fully saturated rings. The number of halogens is 1. The number of hydrogen-bond donors (Lipinski definition) is 1. The molecular weight excluding hydrogens is 230 g/mol. The van der Waals surface area contributed by atoms with Gasteiger partial charge in [-0.25, -0.2) is 0 Å². The molecule has 0 heterocycles. The summed E-state index contributed by atoms with van der Waals surface area (Å²) in [6.07, 6.45) is 3.69. The Bertz CT molecular complexity index is 358. The maximum absolute atomic E-state index is 6.31. The van der Waals surface area contributed by atoms with E-state index in [4.69, 9.17) is 17.3 Å². The number of rotatable bonds is 4. The molecule has 1 saturated carbocycles. The number of nitrogens with two attached hydrogens (primary N) is 1. The lowest BCUT2D eigenvalue weighted by molar-refractivity contribution is 0.194. The predicted molar refractivity (Wildman–Crippen MR) is 74.3 cm³/mol. The van der Waals surface area contributed by atoms with Crippen LogP contribution in [0, 0.1) is 11.8 Å². The van der Waals surface area contributed by atoms with Gasteiger partial charge in [0.05, 0.1) is 0 Å². The summed E-state index contributed by atoms with van der Waals surface area (Å²) >= 11 is 5.92. The van der Waals surface area contributed by atoms with Crippen molar-refractivity contribution in [3.05, 3.63) is 34.9 Å². The van der Waals surface area contributed by atoms with E-state index in [0.29, 0.717) is 23.8 Å². The maximum Gasteiger partial charge on any atom is 0.0406 e. The molecule has 1 aromatic carbocycles. The average molecular weight is 252 g/mol. The van der Waals surface area contributed by atoms with Crippen molar-refractivity contribution in [3.8, 4) is 0 Å². The molecule has 2 N–H and O–H groups in total.